The topological polar surface area (TPSA) is 41.9 Å². The summed E-state index contributed by atoms with van der Waals surface area (Å²) in [6.45, 7) is 7.83. The molecule has 3 aromatic rings. The Balaban J connectivity index is 1.44. The van der Waals surface area contributed by atoms with Crippen LogP contribution in [-0.2, 0) is 6.54 Å². The van der Waals surface area contributed by atoms with E-state index in [1.807, 2.05) is 35.9 Å². The van der Waals surface area contributed by atoms with E-state index in [0.717, 1.165) is 52.0 Å². The van der Waals surface area contributed by atoms with Gasteiger partial charge in [0.05, 0.1) is 15.9 Å². The molecule has 0 saturated heterocycles. The van der Waals surface area contributed by atoms with Crippen molar-refractivity contribution < 1.29 is 4.39 Å². The summed E-state index contributed by atoms with van der Waals surface area (Å²) in [5, 5.41) is 3.41. The lowest BCUT2D eigenvalue weighted by Gasteiger charge is -2.09. The van der Waals surface area contributed by atoms with E-state index < -0.39 is 0 Å². The lowest BCUT2D eigenvalue weighted by atomic mass is 10.2. The first-order valence-corrected chi connectivity index (χ1v) is 9.68. The van der Waals surface area contributed by atoms with Crippen LogP contribution in [0.3, 0.4) is 0 Å². The molecule has 2 aromatic heterocycles. The molecule has 0 amide bonds. The van der Waals surface area contributed by atoms with E-state index in [1.54, 1.807) is 6.33 Å². The zero-order valence-corrected chi connectivity index (χ0v) is 16.4. The Labute approximate surface area is 158 Å². The molecule has 0 aliphatic carbocycles. The lowest BCUT2D eigenvalue weighted by Crippen LogP contribution is -2.21. The molecule has 2 N–H and O–H groups in total. The van der Waals surface area contributed by atoms with Crippen LogP contribution in [0.25, 0.3) is 16.9 Å². The number of nitrogens with zero attached hydrogens (tertiary/aromatic N) is 2. The van der Waals surface area contributed by atoms with Crippen LogP contribution in [0.15, 0.2) is 41.6 Å². The number of fused-ring (bicyclic) bond motifs is 1. The van der Waals surface area contributed by atoms with Gasteiger partial charge in [0.25, 0.3) is 0 Å². The molecule has 0 spiro atoms. The van der Waals surface area contributed by atoms with Crippen molar-refractivity contribution in [3.63, 3.8) is 0 Å². The average molecular weight is 423 g/mol. The summed E-state index contributed by atoms with van der Waals surface area (Å²) < 4.78 is 16.1. The molecular weight excluding hydrogens is 403 g/mol. The highest BCUT2D eigenvalue weighted by atomic mass is 79.9. The van der Waals surface area contributed by atoms with E-state index in [9.17, 15) is 4.39 Å². The maximum absolute atomic E-state index is 13.4. The number of thiophene rings is 1. The second kappa shape index (κ2) is 8.12. The summed E-state index contributed by atoms with van der Waals surface area (Å²) in [4.78, 5) is 6.07. The zero-order valence-electron chi connectivity index (χ0n) is 14.0. The molecule has 0 bridgehead atoms. The summed E-state index contributed by atoms with van der Waals surface area (Å²) in [6.07, 6.45) is 2.77. The quantitative estimate of drug-likeness (QED) is 0.510. The van der Waals surface area contributed by atoms with Gasteiger partial charge in [-0.1, -0.05) is 18.7 Å². The van der Waals surface area contributed by atoms with E-state index in [2.05, 4.69) is 38.2 Å². The maximum atomic E-state index is 13.4. The molecular formula is C18H20BrFN4S. The Morgan fingerprint density at radius 1 is 1.36 bits per heavy atom. The second-order valence-electron chi connectivity index (χ2n) is 5.74. The Kier molecular flexibility index (Phi) is 5.88. The van der Waals surface area contributed by atoms with Gasteiger partial charge >= 0.3 is 0 Å². The minimum atomic E-state index is -0.386. The molecule has 0 aliphatic heterocycles. The van der Waals surface area contributed by atoms with Gasteiger partial charge in [0.1, 0.15) is 12.2 Å². The number of rotatable bonds is 8. The molecule has 0 fully saturated rings. The van der Waals surface area contributed by atoms with Crippen molar-refractivity contribution in [2.75, 3.05) is 18.5 Å². The molecule has 7 heteroatoms. The maximum Gasteiger partial charge on any atom is 0.134 e. The minimum Gasteiger partial charge on any atom is -0.324 e. The van der Waals surface area contributed by atoms with Crippen LogP contribution in [0.4, 0.5) is 4.39 Å². The van der Waals surface area contributed by atoms with Crippen LogP contribution in [0.2, 0.25) is 0 Å². The van der Waals surface area contributed by atoms with Crippen molar-refractivity contribution in [1.82, 2.24) is 15.0 Å². The standard InChI is InChI=1S/C18H20BrFN4S/c1-12-16(25-18(13(2)20)17(12)19)10-21-8-5-9-23-24-11-22-14-6-3-4-7-15(14)24/h3-4,6-7,11,21,23H,2,5,8-10H2,1H3. The zero-order chi connectivity index (χ0) is 17.8. The Morgan fingerprint density at radius 2 is 2.16 bits per heavy atom. The first-order chi connectivity index (χ1) is 12.1. The predicted octanol–water partition coefficient (Wildman–Crippen LogP) is 4.83. The summed E-state index contributed by atoms with van der Waals surface area (Å²) in [5.74, 6) is -0.386. The van der Waals surface area contributed by atoms with Crippen LogP contribution >= 0.6 is 27.3 Å². The second-order valence-corrected chi connectivity index (χ2v) is 7.64. The van der Waals surface area contributed by atoms with Crippen molar-refractivity contribution in [2.45, 2.75) is 19.9 Å². The van der Waals surface area contributed by atoms with Gasteiger partial charge in [-0.15, -0.1) is 11.3 Å². The molecule has 25 heavy (non-hydrogen) atoms. The summed E-state index contributed by atoms with van der Waals surface area (Å²) in [6, 6.07) is 8.03. The molecule has 3 rings (SSSR count). The number of hydrogen-bond donors (Lipinski definition) is 2. The third-order valence-electron chi connectivity index (χ3n) is 3.97. The fraction of sp³-hybridized carbons (Fsp3) is 0.278. The molecule has 0 unspecified atom stereocenters. The summed E-state index contributed by atoms with van der Waals surface area (Å²) in [5.41, 5.74) is 6.49. The van der Waals surface area contributed by atoms with E-state index >= 15 is 0 Å². The van der Waals surface area contributed by atoms with Crippen LogP contribution < -0.4 is 10.7 Å². The van der Waals surface area contributed by atoms with E-state index in [1.165, 1.54) is 11.3 Å². The smallest absolute Gasteiger partial charge is 0.134 e. The monoisotopic (exact) mass is 422 g/mol. The van der Waals surface area contributed by atoms with Crippen LogP contribution in [0, 0.1) is 6.92 Å². The summed E-state index contributed by atoms with van der Waals surface area (Å²) >= 11 is 4.89. The number of para-hydroxylation sites is 2. The highest BCUT2D eigenvalue weighted by molar-refractivity contribution is 9.10. The van der Waals surface area contributed by atoms with Gasteiger partial charge in [0.2, 0.25) is 0 Å². The van der Waals surface area contributed by atoms with Crippen molar-refractivity contribution >= 4 is 44.1 Å². The molecule has 0 saturated carbocycles. The number of nitrogens with one attached hydrogen (secondary N) is 2. The molecule has 4 nitrogen and oxygen atoms in total. The highest BCUT2D eigenvalue weighted by Gasteiger charge is 2.14. The lowest BCUT2D eigenvalue weighted by molar-refractivity contribution is 0.652. The van der Waals surface area contributed by atoms with E-state index in [4.69, 9.17) is 0 Å². The number of benzene rings is 1. The number of imidazole rings is 1. The summed E-state index contributed by atoms with van der Waals surface area (Å²) in [7, 11) is 0. The molecule has 132 valence electrons. The Morgan fingerprint density at radius 3 is 2.92 bits per heavy atom. The van der Waals surface area contributed by atoms with Crippen molar-refractivity contribution in [3.05, 3.63) is 57.0 Å². The normalized spacial score (nSPS) is 11.2. The molecule has 0 atom stereocenters. The van der Waals surface area contributed by atoms with E-state index in [-0.39, 0.29) is 5.83 Å². The molecule has 0 aliphatic rings. The number of aromatic nitrogens is 2. The van der Waals surface area contributed by atoms with Crippen LogP contribution in [0.5, 0.6) is 0 Å². The van der Waals surface area contributed by atoms with Crippen LogP contribution in [-0.4, -0.2) is 22.7 Å². The third-order valence-corrected chi connectivity index (χ3v) is 6.55. The Hall–Kier alpha value is -1.70. The minimum absolute atomic E-state index is 0.386. The molecule has 1 aromatic carbocycles. The first kappa shape index (κ1) is 18.1. The number of halogens is 2. The molecule has 0 radical (unpaired) electrons. The van der Waals surface area contributed by atoms with E-state index in [0.29, 0.717) is 4.88 Å². The van der Waals surface area contributed by atoms with Gasteiger partial charge in [0, 0.05) is 22.4 Å². The first-order valence-electron chi connectivity index (χ1n) is 8.07. The van der Waals surface area contributed by atoms with Gasteiger partial charge in [-0.3, -0.25) is 0 Å². The largest absolute Gasteiger partial charge is 0.324 e. The van der Waals surface area contributed by atoms with Gasteiger partial charge in [-0.05, 0) is 53.5 Å². The van der Waals surface area contributed by atoms with Gasteiger partial charge in [-0.2, -0.15) is 0 Å². The van der Waals surface area contributed by atoms with Crippen molar-refractivity contribution in [1.29, 1.82) is 0 Å². The molecule has 2 heterocycles. The van der Waals surface area contributed by atoms with Crippen LogP contribution in [0.1, 0.15) is 21.7 Å². The predicted molar refractivity (Wildman–Crippen MR) is 107 cm³/mol. The van der Waals surface area contributed by atoms with Gasteiger partial charge in [-0.25, -0.2) is 14.1 Å². The Bertz CT molecular complexity index is 886. The fourth-order valence-corrected chi connectivity index (χ4v) is 4.44. The van der Waals surface area contributed by atoms with Crippen molar-refractivity contribution in [2.24, 2.45) is 0 Å². The van der Waals surface area contributed by atoms with Gasteiger partial charge in [0.15, 0.2) is 0 Å². The third kappa shape index (κ3) is 4.11. The fourth-order valence-electron chi connectivity index (χ4n) is 2.58. The average Bonchev–Trinajstić information content (AvgIpc) is 3.14. The van der Waals surface area contributed by atoms with Crippen molar-refractivity contribution in [3.8, 4) is 0 Å². The SMILES string of the molecule is C=C(F)c1sc(CNCCCNn2cnc3ccccc32)c(C)c1Br. The number of hydrogen-bond acceptors (Lipinski definition) is 4. The van der Waals surface area contributed by atoms with Gasteiger partial charge < -0.3 is 10.7 Å². The highest BCUT2D eigenvalue weighted by Crippen LogP contribution is 2.37.